The highest BCUT2D eigenvalue weighted by molar-refractivity contribution is 7.13. The standard InChI is InChI=1S/C11H12FN3S/c12-9-3-1-8(2-4-9)6-14-11-15-10(5-13)7-16-11/h1-4,7H,5-6,13H2,(H,14,15). The summed E-state index contributed by atoms with van der Waals surface area (Å²) >= 11 is 1.52. The Bertz CT molecular complexity index is 453. The van der Waals surface area contributed by atoms with Gasteiger partial charge in [-0.25, -0.2) is 9.37 Å². The third-order valence-corrected chi connectivity index (χ3v) is 2.97. The monoisotopic (exact) mass is 237 g/mol. The second-order valence-corrected chi connectivity index (χ2v) is 4.19. The van der Waals surface area contributed by atoms with Gasteiger partial charge < -0.3 is 11.1 Å². The van der Waals surface area contributed by atoms with Crippen molar-refractivity contribution < 1.29 is 4.39 Å². The van der Waals surface area contributed by atoms with Crippen molar-refractivity contribution in [3.63, 3.8) is 0 Å². The van der Waals surface area contributed by atoms with E-state index >= 15 is 0 Å². The number of nitrogens with two attached hydrogens (primary N) is 1. The predicted octanol–water partition coefficient (Wildman–Crippen LogP) is 2.35. The molecule has 0 spiro atoms. The number of aromatic nitrogens is 1. The van der Waals surface area contributed by atoms with Crippen molar-refractivity contribution in [2.24, 2.45) is 5.73 Å². The lowest BCUT2D eigenvalue weighted by atomic mass is 10.2. The lowest BCUT2D eigenvalue weighted by Gasteiger charge is -2.02. The molecule has 16 heavy (non-hydrogen) atoms. The van der Waals surface area contributed by atoms with E-state index in [1.165, 1.54) is 23.5 Å². The van der Waals surface area contributed by atoms with Crippen molar-refractivity contribution >= 4 is 16.5 Å². The van der Waals surface area contributed by atoms with E-state index in [-0.39, 0.29) is 5.82 Å². The van der Waals surface area contributed by atoms with Crippen molar-refractivity contribution in [2.75, 3.05) is 5.32 Å². The fourth-order valence-electron chi connectivity index (χ4n) is 1.26. The van der Waals surface area contributed by atoms with E-state index in [0.29, 0.717) is 13.1 Å². The van der Waals surface area contributed by atoms with Crippen molar-refractivity contribution in [3.05, 3.63) is 46.7 Å². The normalized spacial score (nSPS) is 10.4. The summed E-state index contributed by atoms with van der Waals surface area (Å²) in [6.45, 7) is 1.09. The largest absolute Gasteiger partial charge is 0.357 e. The maximum absolute atomic E-state index is 12.7. The van der Waals surface area contributed by atoms with Crippen LogP contribution in [0.3, 0.4) is 0 Å². The Morgan fingerprint density at radius 2 is 2.06 bits per heavy atom. The number of nitrogens with zero attached hydrogens (tertiary/aromatic N) is 1. The minimum atomic E-state index is -0.219. The quantitative estimate of drug-likeness (QED) is 0.858. The van der Waals surface area contributed by atoms with Crippen LogP contribution < -0.4 is 11.1 Å². The molecule has 1 aromatic heterocycles. The van der Waals surface area contributed by atoms with Gasteiger partial charge >= 0.3 is 0 Å². The number of rotatable bonds is 4. The lowest BCUT2D eigenvalue weighted by molar-refractivity contribution is 0.627. The van der Waals surface area contributed by atoms with Crippen LogP contribution in [0.15, 0.2) is 29.6 Å². The smallest absolute Gasteiger partial charge is 0.183 e. The molecule has 0 atom stereocenters. The molecule has 0 aliphatic carbocycles. The molecule has 0 saturated carbocycles. The summed E-state index contributed by atoms with van der Waals surface area (Å²) in [4.78, 5) is 4.27. The van der Waals surface area contributed by atoms with Crippen LogP contribution in [0.4, 0.5) is 9.52 Å². The van der Waals surface area contributed by atoms with Gasteiger partial charge in [-0.2, -0.15) is 0 Å². The summed E-state index contributed by atoms with van der Waals surface area (Å²) in [6, 6.07) is 6.40. The van der Waals surface area contributed by atoms with Crippen LogP contribution in [0.1, 0.15) is 11.3 Å². The highest BCUT2D eigenvalue weighted by atomic mass is 32.1. The van der Waals surface area contributed by atoms with Crippen LogP contribution in [-0.2, 0) is 13.1 Å². The fraction of sp³-hybridized carbons (Fsp3) is 0.182. The van der Waals surface area contributed by atoms with Crippen molar-refractivity contribution in [3.8, 4) is 0 Å². The molecule has 3 nitrogen and oxygen atoms in total. The van der Waals surface area contributed by atoms with Gasteiger partial charge in [-0.05, 0) is 17.7 Å². The van der Waals surface area contributed by atoms with Crippen LogP contribution >= 0.6 is 11.3 Å². The van der Waals surface area contributed by atoms with Crippen LogP contribution in [-0.4, -0.2) is 4.98 Å². The molecule has 1 heterocycles. The first-order chi connectivity index (χ1) is 7.78. The summed E-state index contributed by atoms with van der Waals surface area (Å²) in [7, 11) is 0. The Hall–Kier alpha value is -1.46. The minimum Gasteiger partial charge on any atom is -0.357 e. The van der Waals surface area contributed by atoms with Gasteiger partial charge in [0.25, 0.3) is 0 Å². The van der Waals surface area contributed by atoms with Crippen LogP contribution in [0.25, 0.3) is 0 Å². The molecule has 0 bridgehead atoms. The number of hydrogen-bond donors (Lipinski definition) is 2. The van der Waals surface area contributed by atoms with E-state index in [1.54, 1.807) is 12.1 Å². The summed E-state index contributed by atoms with van der Waals surface area (Å²) in [6.07, 6.45) is 0. The molecule has 1 aromatic carbocycles. The SMILES string of the molecule is NCc1csc(NCc2ccc(F)cc2)n1. The molecule has 0 fully saturated rings. The van der Waals surface area contributed by atoms with Gasteiger partial charge in [0.05, 0.1) is 5.69 Å². The van der Waals surface area contributed by atoms with E-state index in [9.17, 15) is 4.39 Å². The van der Waals surface area contributed by atoms with Gasteiger partial charge in [-0.1, -0.05) is 12.1 Å². The molecule has 0 radical (unpaired) electrons. The van der Waals surface area contributed by atoms with E-state index in [0.717, 1.165) is 16.4 Å². The molecule has 5 heteroatoms. The number of nitrogens with one attached hydrogen (secondary N) is 1. The van der Waals surface area contributed by atoms with Gasteiger partial charge in [0, 0.05) is 18.5 Å². The maximum Gasteiger partial charge on any atom is 0.183 e. The van der Waals surface area contributed by atoms with E-state index in [2.05, 4.69) is 10.3 Å². The Morgan fingerprint density at radius 3 is 2.69 bits per heavy atom. The zero-order valence-corrected chi connectivity index (χ0v) is 9.43. The van der Waals surface area contributed by atoms with Crippen LogP contribution in [0.2, 0.25) is 0 Å². The molecule has 3 N–H and O–H groups in total. The Kier molecular flexibility index (Phi) is 3.48. The first kappa shape index (κ1) is 11.0. The highest BCUT2D eigenvalue weighted by Gasteiger charge is 2.00. The van der Waals surface area contributed by atoms with Gasteiger partial charge in [0.2, 0.25) is 0 Å². The zero-order valence-electron chi connectivity index (χ0n) is 8.61. The van der Waals surface area contributed by atoms with Gasteiger partial charge in [-0.15, -0.1) is 11.3 Å². The molecular weight excluding hydrogens is 225 g/mol. The van der Waals surface area contributed by atoms with E-state index < -0.39 is 0 Å². The molecule has 0 aliphatic heterocycles. The van der Waals surface area contributed by atoms with Crippen LogP contribution in [0.5, 0.6) is 0 Å². The molecule has 0 amide bonds. The molecule has 2 aromatic rings. The summed E-state index contributed by atoms with van der Waals surface area (Å²) in [5, 5.41) is 5.93. The molecule has 2 rings (SSSR count). The molecular formula is C11H12FN3S. The first-order valence-electron chi connectivity index (χ1n) is 4.90. The third-order valence-electron chi connectivity index (χ3n) is 2.12. The number of thiazole rings is 1. The van der Waals surface area contributed by atoms with Crippen molar-refractivity contribution in [1.29, 1.82) is 0 Å². The third kappa shape index (κ3) is 2.77. The summed E-state index contributed by atoms with van der Waals surface area (Å²) < 4.78 is 12.7. The molecule has 0 saturated heterocycles. The Morgan fingerprint density at radius 1 is 1.31 bits per heavy atom. The van der Waals surface area contributed by atoms with Crippen LogP contribution in [0, 0.1) is 5.82 Å². The number of benzene rings is 1. The minimum absolute atomic E-state index is 0.219. The molecule has 0 aliphatic rings. The highest BCUT2D eigenvalue weighted by Crippen LogP contribution is 2.16. The fourth-order valence-corrected chi connectivity index (χ4v) is 1.98. The van der Waals surface area contributed by atoms with Gasteiger partial charge in [-0.3, -0.25) is 0 Å². The predicted molar refractivity (Wildman–Crippen MR) is 63.7 cm³/mol. The summed E-state index contributed by atoms with van der Waals surface area (Å²) in [5.74, 6) is -0.219. The number of anilines is 1. The van der Waals surface area contributed by atoms with E-state index in [4.69, 9.17) is 5.73 Å². The number of hydrogen-bond acceptors (Lipinski definition) is 4. The topological polar surface area (TPSA) is 50.9 Å². The van der Waals surface area contributed by atoms with Crippen molar-refractivity contribution in [2.45, 2.75) is 13.1 Å². The Labute approximate surface area is 97.1 Å². The average Bonchev–Trinajstić information content (AvgIpc) is 2.76. The Balaban J connectivity index is 1.94. The second kappa shape index (κ2) is 5.05. The van der Waals surface area contributed by atoms with Gasteiger partial charge in [0.1, 0.15) is 5.82 Å². The number of halogens is 1. The summed E-state index contributed by atoms with van der Waals surface area (Å²) in [5.41, 5.74) is 7.36. The molecule has 84 valence electrons. The van der Waals surface area contributed by atoms with E-state index in [1.807, 2.05) is 5.38 Å². The first-order valence-corrected chi connectivity index (χ1v) is 5.78. The maximum atomic E-state index is 12.7. The van der Waals surface area contributed by atoms with Crippen molar-refractivity contribution in [1.82, 2.24) is 4.98 Å². The van der Waals surface area contributed by atoms with Gasteiger partial charge in [0.15, 0.2) is 5.13 Å². The lowest BCUT2D eigenvalue weighted by Crippen LogP contribution is -2.00. The average molecular weight is 237 g/mol. The zero-order chi connectivity index (χ0) is 11.4. The molecule has 0 unspecified atom stereocenters. The second-order valence-electron chi connectivity index (χ2n) is 3.33.